The number of halogens is 1. The highest BCUT2D eigenvalue weighted by Crippen LogP contribution is 2.30. The number of hydrogen-bond acceptors (Lipinski definition) is 5. The number of likely N-dealkylation sites (N-methyl/N-ethyl adjacent to an activating group) is 1. The van der Waals surface area contributed by atoms with E-state index in [0.717, 1.165) is 47.5 Å². The highest BCUT2D eigenvalue weighted by atomic mass is 79.9. The monoisotopic (exact) mass is 451 g/mol. The van der Waals surface area contributed by atoms with E-state index < -0.39 is 0 Å². The SMILES string of the molecule is Cc1c(C(=O)CN2CCN(C)CC2)c2ncc(Br)cc2n1-c1ccc(C#N)cc1. The van der Waals surface area contributed by atoms with Crippen molar-refractivity contribution in [3.63, 3.8) is 0 Å². The van der Waals surface area contributed by atoms with E-state index in [2.05, 4.69) is 43.8 Å². The van der Waals surface area contributed by atoms with Crippen LogP contribution in [0.2, 0.25) is 0 Å². The van der Waals surface area contributed by atoms with Crippen molar-refractivity contribution in [2.45, 2.75) is 6.92 Å². The fourth-order valence-corrected chi connectivity index (χ4v) is 4.21. The topological polar surface area (TPSA) is 65.2 Å². The summed E-state index contributed by atoms with van der Waals surface area (Å²) in [6.45, 7) is 6.11. The first-order valence-electron chi connectivity index (χ1n) is 9.59. The van der Waals surface area contributed by atoms with Crippen LogP contribution in [0.25, 0.3) is 16.7 Å². The number of carbonyl (C=O) groups is 1. The van der Waals surface area contributed by atoms with Crippen molar-refractivity contribution in [1.82, 2.24) is 19.4 Å². The average molecular weight is 452 g/mol. The molecule has 3 aromatic rings. The summed E-state index contributed by atoms with van der Waals surface area (Å²) >= 11 is 3.50. The zero-order chi connectivity index (χ0) is 20.5. The fraction of sp³-hybridized carbons (Fsp3) is 0.318. The minimum atomic E-state index is 0.0965. The van der Waals surface area contributed by atoms with E-state index >= 15 is 0 Å². The molecule has 2 aromatic heterocycles. The molecule has 0 N–H and O–H groups in total. The molecule has 1 saturated heterocycles. The number of ketones is 1. The Labute approximate surface area is 178 Å². The number of Topliss-reactive ketones (excluding diaryl/α,β-unsaturated/α-hetero) is 1. The molecule has 4 rings (SSSR count). The van der Waals surface area contributed by atoms with Crippen molar-refractivity contribution in [1.29, 1.82) is 5.26 Å². The summed E-state index contributed by atoms with van der Waals surface area (Å²) in [5.41, 5.74) is 4.65. The smallest absolute Gasteiger partial charge is 0.180 e. The first-order valence-corrected chi connectivity index (χ1v) is 10.4. The van der Waals surface area contributed by atoms with Crippen LogP contribution in [0.1, 0.15) is 21.6 Å². The molecule has 0 amide bonds. The third-order valence-corrected chi connectivity index (χ3v) is 5.94. The van der Waals surface area contributed by atoms with Gasteiger partial charge >= 0.3 is 0 Å². The maximum atomic E-state index is 13.3. The van der Waals surface area contributed by atoms with Gasteiger partial charge in [0.15, 0.2) is 5.78 Å². The minimum Gasteiger partial charge on any atom is -0.311 e. The maximum absolute atomic E-state index is 13.3. The number of nitrogens with zero attached hydrogens (tertiary/aromatic N) is 5. The van der Waals surface area contributed by atoms with E-state index in [1.165, 1.54) is 0 Å². The molecular weight excluding hydrogens is 430 g/mol. The molecule has 6 nitrogen and oxygen atoms in total. The third-order valence-electron chi connectivity index (χ3n) is 5.51. The summed E-state index contributed by atoms with van der Waals surface area (Å²) in [4.78, 5) is 22.4. The Balaban J connectivity index is 1.77. The molecule has 148 valence electrons. The second kappa shape index (κ2) is 8.07. The van der Waals surface area contributed by atoms with Gasteiger partial charge in [-0.05, 0) is 60.2 Å². The molecule has 1 fully saturated rings. The Kier molecular flexibility index (Phi) is 5.50. The number of nitriles is 1. The van der Waals surface area contributed by atoms with Crippen LogP contribution in [-0.2, 0) is 0 Å². The third kappa shape index (κ3) is 3.84. The predicted octanol–water partition coefficient (Wildman–Crippen LogP) is 3.40. The predicted molar refractivity (Wildman–Crippen MR) is 116 cm³/mol. The number of piperazine rings is 1. The number of fused-ring (bicyclic) bond motifs is 1. The fourth-order valence-electron chi connectivity index (χ4n) is 3.90. The van der Waals surface area contributed by atoms with Crippen molar-refractivity contribution in [2.75, 3.05) is 39.8 Å². The lowest BCUT2D eigenvalue weighted by molar-refractivity contribution is 0.0877. The Morgan fingerprint density at radius 2 is 1.90 bits per heavy atom. The Morgan fingerprint density at radius 1 is 1.21 bits per heavy atom. The molecule has 0 spiro atoms. The van der Waals surface area contributed by atoms with E-state index in [1.807, 2.05) is 29.7 Å². The van der Waals surface area contributed by atoms with E-state index in [1.54, 1.807) is 18.3 Å². The van der Waals surface area contributed by atoms with Crippen LogP contribution >= 0.6 is 15.9 Å². The quantitative estimate of drug-likeness (QED) is 0.568. The second-order valence-electron chi connectivity index (χ2n) is 7.48. The van der Waals surface area contributed by atoms with Gasteiger partial charge in [-0.15, -0.1) is 0 Å². The van der Waals surface area contributed by atoms with Gasteiger partial charge in [-0.2, -0.15) is 5.26 Å². The van der Waals surface area contributed by atoms with Crippen molar-refractivity contribution in [2.24, 2.45) is 0 Å². The standard InChI is InChI=1S/C22H22BrN5O/c1-15-21(20(29)14-27-9-7-26(2)8-10-27)22-19(11-17(23)13-25-22)28(15)18-5-3-16(12-24)4-6-18/h3-6,11,13H,7-10,14H2,1-2H3. The second-order valence-corrected chi connectivity index (χ2v) is 8.39. The van der Waals surface area contributed by atoms with Gasteiger partial charge in [-0.25, -0.2) is 0 Å². The molecule has 1 aromatic carbocycles. The summed E-state index contributed by atoms with van der Waals surface area (Å²) in [6.07, 6.45) is 1.73. The molecular formula is C22H22BrN5O. The van der Waals surface area contributed by atoms with Crippen LogP contribution in [0.3, 0.4) is 0 Å². The van der Waals surface area contributed by atoms with Crippen LogP contribution in [0.5, 0.6) is 0 Å². The summed E-state index contributed by atoms with van der Waals surface area (Å²) in [5.74, 6) is 0.0965. The van der Waals surface area contributed by atoms with Gasteiger partial charge in [-0.3, -0.25) is 14.7 Å². The van der Waals surface area contributed by atoms with Crippen molar-refractivity contribution < 1.29 is 4.79 Å². The molecule has 29 heavy (non-hydrogen) atoms. The number of aromatic nitrogens is 2. The Bertz CT molecular complexity index is 1100. The number of pyridine rings is 1. The number of rotatable bonds is 4. The lowest BCUT2D eigenvalue weighted by Crippen LogP contribution is -2.46. The van der Waals surface area contributed by atoms with E-state index in [9.17, 15) is 4.79 Å². The Hall–Kier alpha value is -2.53. The largest absolute Gasteiger partial charge is 0.311 e. The molecule has 3 heterocycles. The summed E-state index contributed by atoms with van der Waals surface area (Å²) in [6, 6.07) is 11.5. The van der Waals surface area contributed by atoms with Gasteiger partial charge < -0.3 is 9.47 Å². The van der Waals surface area contributed by atoms with E-state index in [4.69, 9.17) is 5.26 Å². The van der Waals surface area contributed by atoms with Crippen LogP contribution in [0.4, 0.5) is 0 Å². The molecule has 7 heteroatoms. The zero-order valence-corrected chi connectivity index (χ0v) is 18.1. The molecule has 0 bridgehead atoms. The van der Waals surface area contributed by atoms with Crippen LogP contribution < -0.4 is 0 Å². The van der Waals surface area contributed by atoms with Gasteiger partial charge in [0.25, 0.3) is 0 Å². The highest BCUT2D eigenvalue weighted by molar-refractivity contribution is 9.10. The highest BCUT2D eigenvalue weighted by Gasteiger charge is 2.25. The van der Waals surface area contributed by atoms with Gasteiger partial charge in [-0.1, -0.05) is 0 Å². The zero-order valence-electron chi connectivity index (χ0n) is 16.5. The molecule has 1 aliphatic rings. The molecule has 0 aliphatic carbocycles. The van der Waals surface area contributed by atoms with Gasteiger partial charge in [0, 0.05) is 48.2 Å². The van der Waals surface area contributed by atoms with E-state index in [-0.39, 0.29) is 5.78 Å². The number of hydrogen-bond donors (Lipinski definition) is 0. The minimum absolute atomic E-state index is 0.0965. The van der Waals surface area contributed by atoms with Crippen LogP contribution in [0.15, 0.2) is 41.0 Å². The van der Waals surface area contributed by atoms with Crippen LogP contribution in [0, 0.1) is 18.3 Å². The van der Waals surface area contributed by atoms with E-state index in [0.29, 0.717) is 23.2 Å². The lowest BCUT2D eigenvalue weighted by Gasteiger charge is -2.31. The summed E-state index contributed by atoms with van der Waals surface area (Å²) < 4.78 is 2.90. The maximum Gasteiger partial charge on any atom is 0.180 e. The Morgan fingerprint density at radius 3 is 2.55 bits per heavy atom. The summed E-state index contributed by atoms with van der Waals surface area (Å²) in [5, 5.41) is 9.09. The number of benzene rings is 1. The first-order chi connectivity index (χ1) is 14.0. The van der Waals surface area contributed by atoms with Crippen LogP contribution in [-0.4, -0.2) is 64.9 Å². The molecule has 0 unspecified atom stereocenters. The first kappa shape index (κ1) is 19.8. The molecule has 0 saturated carbocycles. The summed E-state index contributed by atoms with van der Waals surface area (Å²) in [7, 11) is 2.11. The average Bonchev–Trinajstić information content (AvgIpc) is 3.01. The molecule has 1 aliphatic heterocycles. The van der Waals surface area contributed by atoms with Crippen molar-refractivity contribution in [3.05, 3.63) is 57.8 Å². The molecule has 0 atom stereocenters. The lowest BCUT2D eigenvalue weighted by atomic mass is 10.1. The van der Waals surface area contributed by atoms with Gasteiger partial charge in [0.2, 0.25) is 0 Å². The van der Waals surface area contributed by atoms with Crippen molar-refractivity contribution in [3.8, 4) is 11.8 Å². The number of carbonyl (C=O) groups excluding carboxylic acids is 1. The van der Waals surface area contributed by atoms with Crippen molar-refractivity contribution >= 4 is 32.7 Å². The molecule has 0 radical (unpaired) electrons. The van der Waals surface area contributed by atoms with Gasteiger partial charge in [0.05, 0.1) is 34.8 Å². The normalized spacial score (nSPS) is 15.5. The van der Waals surface area contributed by atoms with Gasteiger partial charge in [0.1, 0.15) is 0 Å².